The summed E-state index contributed by atoms with van der Waals surface area (Å²) in [6.07, 6.45) is 1.86. The summed E-state index contributed by atoms with van der Waals surface area (Å²) < 4.78 is 0. The summed E-state index contributed by atoms with van der Waals surface area (Å²) in [6.45, 7) is 5.34. The largest absolute Gasteiger partial charge is 0.298 e. The van der Waals surface area contributed by atoms with Crippen molar-refractivity contribution in [2.24, 2.45) is 0 Å². The maximum atomic E-state index is 6.04. The number of rotatable bonds is 4. The van der Waals surface area contributed by atoms with Crippen LogP contribution in [0.15, 0.2) is 30.9 Å². The van der Waals surface area contributed by atoms with Gasteiger partial charge in [0.25, 0.3) is 0 Å². The molecule has 3 heteroatoms. The molecular weight excluding hydrogens is 217 g/mol. The molecule has 0 atom stereocenters. The second-order valence-electron chi connectivity index (χ2n) is 3.22. The summed E-state index contributed by atoms with van der Waals surface area (Å²) in [5.74, 6) is 0. The highest BCUT2D eigenvalue weighted by molar-refractivity contribution is 6.35. The van der Waals surface area contributed by atoms with E-state index >= 15 is 0 Å². The van der Waals surface area contributed by atoms with Gasteiger partial charge < -0.3 is 0 Å². The molecule has 0 saturated carbocycles. The minimum absolute atomic E-state index is 0.671. The van der Waals surface area contributed by atoms with E-state index in [1.165, 1.54) is 0 Å². The SMILES string of the molecule is C=CCN(C)Cc1ccc(Cl)cc1Cl. The highest BCUT2D eigenvalue weighted by Crippen LogP contribution is 2.21. The van der Waals surface area contributed by atoms with Crippen molar-refractivity contribution in [3.05, 3.63) is 46.5 Å². The van der Waals surface area contributed by atoms with Gasteiger partial charge in [0.2, 0.25) is 0 Å². The Kier molecular flexibility index (Phi) is 4.46. The number of likely N-dealkylation sites (N-methyl/N-ethyl adjacent to an activating group) is 1. The lowest BCUT2D eigenvalue weighted by Crippen LogP contribution is -2.17. The van der Waals surface area contributed by atoms with Gasteiger partial charge in [0.15, 0.2) is 0 Å². The van der Waals surface area contributed by atoms with E-state index in [9.17, 15) is 0 Å². The van der Waals surface area contributed by atoms with Crippen molar-refractivity contribution in [2.75, 3.05) is 13.6 Å². The van der Waals surface area contributed by atoms with Gasteiger partial charge in [-0.05, 0) is 24.7 Å². The summed E-state index contributed by atoms with van der Waals surface area (Å²) in [7, 11) is 2.02. The first-order chi connectivity index (χ1) is 6.63. The minimum Gasteiger partial charge on any atom is -0.298 e. The lowest BCUT2D eigenvalue weighted by atomic mass is 10.2. The zero-order valence-corrected chi connectivity index (χ0v) is 9.65. The molecule has 1 aromatic rings. The predicted molar refractivity (Wildman–Crippen MR) is 63.0 cm³/mol. The van der Waals surface area contributed by atoms with Crippen LogP contribution in [0.2, 0.25) is 10.0 Å². The quantitative estimate of drug-likeness (QED) is 0.714. The lowest BCUT2D eigenvalue weighted by Gasteiger charge is -2.15. The standard InChI is InChI=1S/C11H13Cl2N/c1-3-6-14(2)8-9-4-5-10(12)7-11(9)13/h3-5,7H,1,6,8H2,2H3. The Morgan fingerprint density at radius 3 is 2.71 bits per heavy atom. The predicted octanol–water partition coefficient (Wildman–Crippen LogP) is 3.61. The Bertz CT molecular complexity index is 323. The summed E-state index contributed by atoms with van der Waals surface area (Å²) in [5, 5.41) is 1.39. The molecule has 0 aliphatic rings. The van der Waals surface area contributed by atoms with Crippen molar-refractivity contribution in [1.29, 1.82) is 0 Å². The molecule has 14 heavy (non-hydrogen) atoms. The number of hydrogen-bond acceptors (Lipinski definition) is 1. The Balaban J connectivity index is 2.71. The average Bonchev–Trinajstić information content (AvgIpc) is 2.10. The van der Waals surface area contributed by atoms with Crippen molar-refractivity contribution in [3.63, 3.8) is 0 Å². The Morgan fingerprint density at radius 1 is 1.43 bits per heavy atom. The van der Waals surface area contributed by atoms with Gasteiger partial charge in [-0.3, -0.25) is 4.90 Å². The summed E-state index contributed by atoms with van der Waals surface area (Å²) in [4.78, 5) is 2.13. The third kappa shape index (κ3) is 3.33. The fourth-order valence-electron chi connectivity index (χ4n) is 1.23. The monoisotopic (exact) mass is 229 g/mol. The van der Waals surface area contributed by atoms with E-state index in [1.807, 2.05) is 25.3 Å². The van der Waals surface area contributed by atoms with Crippen molar-refractivity contribution >= 4 is 23.2 Å². The third-order valence-electron chi connectivity index (χ3n) is 1.90. The molecular formula is C11H13Cl2N. The van der Waals surface area contributed by atoms with Gasteiger partial charge in [-0.2, -0.15) is 0 Å². The van der Waals surface area contributed by atoms with E-state index in [-0.39, 0.29) is 0 Å². The first kappa shape index (κ1) is 11.6. The number of halogens is 2. The molecule has 1 rings (SSSR count). The van der Waals surface area contributed by atoms with Crippen LogP contribution in [-0.2, 0) is 6.54 Å². The molecule has 1 aromatic carbocycles. The molecule has 0 aromatic heterocycles. The van der Waals surface area contributed by atoms with Crippen LogP contribution in [-0.4, -0.2) is 18.5 Å². The first-order valence-electron chi connectivity index (χ1n) is 4.37. The fraction of sp³-hybridized carbons (Fsp3) is 0.273. The van der Waals surface area contributed by atoms with Crippen LogP contribution in [0.3, 0.4) is 0 Å². The normalized spacial score (nSPS) is 10.6. The topological polar surface area (TPSA) is 3.24 Å². The summed E-state index contributed by atoms with van der Waals surface area (Å²) in [6, 6.07) is 5.56. The Morgan fingerprint density at radius 2 is 2.14 bits per heavy atom. The zero-order valence-electron chi connectivity index (χ0n) is 8.13. The van der Waals surface area contributed by atoms with Crippen LogP contribution in [0.1, 0.15) is 5.56 Å². The van der Waals surface area contributed by atoms with E-state index < -0.39 is 0 Å². The maximum Gasteiger partial charge on any atom is 0.0465 e. The van der Waals surface area contributed by atoms with E-state index in [0.717, 1.165) is 18.7 Å². The number of nitrogens with zero attached hydrogens (tertiary/aromatic N) is 1. The summed E-state index contributed by atoms with van der Waals surface area (Å²) >= 11 is 11.8. The van der Waals surface area contributed by atoms with Gasteiger partial charge in [0.1, 0.15) is 0 Å². The van der Waals surface area contributed by atoms with E-state index in [2.05, 4.69) is 11.5 Å². The first-order valence-corrected chi connectivity index (χ1v) is 5.12. The van der Waals surface area contributed by atoms with Crippen LogP contribution in [0.25, 0.3) is 0 Å². The molecule has 0 radical (unpaired) electrons. The second-order valence-corrected chi connectivity index (χ2v) is 4.06. The van der Waals surface area contributed by atoms with Crippen LogP contribution < -0.4 is 0 Å². The Labute approximate surface area is 94.9 Å². The van der Waals surface area contributed by atoms with E-state index in [4.69, 9.17) is 23.2 Å². The van der Waals surface area contributed by atoms with Crippen LogP contribution in [0.4, 0.5) is 0 Å². The molecule has 0 bridgehead atoms. The molecule has 0 heterocycles. The van der Waals surface area contributed by atoms with Gasteiger partial charge >= 0.3 is 0 Å². The highest BCUT2D eigenvalue weighted by Gasteiger charge is 2.03. The van der Waals surface area contributed by atoms with Gasteiger partial charge in [0.05, 0.1) is 0 Å². The zero-order chi connectivity index (χ0) is 10.6. The second kappa shape index (κ2) is 5.40. The van der Waals surface area contributed by atoms with Crippen molar-refractivity contribution in [3.8, 4) is 0 Å². The molecule has 0 spiro atoms. The number of hydrogen-bond donors (Lipinski definition) is 0. The molecule has 0 fully saturated rings. The molecule has 1 nitrogen and oxygen atoms in total. The maximum absolute atomic E-state index is 6.04. The van der Waals surface area contributed by atoms with Gasteiger partial charge in [-0.15, -0.1) is 6.58 Å². The molecule has 0 saturated heterocycles. The van der Waals surface area contributed by atoms with Gasteiger partial charge in [-0.1, -0.05) is 35.3 Å². The summed E-state index contributed by atoms with van der Waals surface area (Å²) in [5.41, 5.74) is 1.08. The number of benzene rings is 1. The van der Waals surface area contributed by atoms with Crippen molar-refractivity contribution < 1.29 is 0 Å². The molecule has 0 unspecified atom stereocenters. The molecule has 0 amide bonds. The molecule has 76 valence electrons. The van der Waals surface area contributed by atoms with Gasteiger partial charge in [-0.25, -0.2) is 0 Å². The fourth-order valence-corrected chi connectivity index (χ4v) is 1.69. The molecule has 0 aliphatic heterocycles. The highest BCUT2D eigenvalue weighted by atomic mass is 35.5. The van der Waals surface area contributed by atoms with Crippen LogP contribution in [0.5, 0.6) is 0 Å². The van der Waals surface area contributed by atoms with Crippen LogP contribution in [0, 0.1) is 0 Å². The molecule has 0 aliphatic carbocycles. The van der Waals surface area contributed by atoms with Crippen LogP contribution >= 0.6 is 23.2 Å². The van der Waals surface area contributed by atoms with E-state index in [0.29, 0.717) is 10.0 Å². The van der Waals surface area contributed by atoms with Crippen molar-refractivity contribution in [2.45, 2.75) is 6.54 Å². The Hall–Kier alpha value is -0.500. The third-order valence-corrected chi connectivity index (χ3v) is 2.48. The lowest BCUT2D eigenvalue weighted by molar-refractivity contribution is 0.364. The minimum atomic E-state index is 0.671. The molecule has 0 N–H and O–H groups in total. The smallest absolute Gasteiger partial charge is 0.0465 e. The van der Waals surface area contributed by atoms with Gasteiger partial charge in [0, 0.05) is 23.1 Å². The van der Waals surface area contributed by atoms with E-state index in [1.54, 1.807) is 6.07 Å². The average molecular weight is 230 g/mol. The van der Waals surface area contributed by atoms with Crippen molar-refractivity contribution in [1.82, 2.24) is 4.90 Å².